The van der Waals surface area contributed by atoms with Crippen molar-refractivity contribution in [3.8, 4) is 0 Å². The number of hydrogen-bond donors (Lipinski definition) is 2. The van der Waals surface area contributed by atoms with Crippen molar-refractivity contribution in [2.75, 3.05) is 20.3 Å². The van der Waals surface area contributed by atoms with Gasteiger partial charge in [0.15, 0.2) is 0 Å². The Kier molecular flexibility index (Phi) is 6.14. The third-order valence-corrected chi connectivity index (χ3v) is 7.47. The molecule has 2 bridgehead atoms. The maximum Gasteiger partial charge on any atom is 0.142 e. The van der Waals surface area contributed by atoms with E-state index in [1.165, 1.54) is 5.56 Å². The summed E-state index contributed by atoms with van der Waals surface area (Å²) < 4.78 is 5.86. The Balaban J connectivity index is 1.80. The summed E-state index contributed by atoms with van der Waals surface area (Å²) in [6.07, 6.45) is 3.23. The third kappa shape index (κ3) is 3.16. The number of fused-ring (bicyclic) bond motifs is 2. The molecule has 3 rings (SSSR count). The second-order valence-corrected chi connectivity index (χ2v) is 9.02. The summed E-state index contributed by atoms with van der Waals surface area (Å²) in [5.41, 5.74) is 2.46. The predicted octanol–water partition coefficient (Wildman–Crippen LogP) is 3.34. The Morgan fingerprint density at radius 1 is 1.25 bits per heavy atom. The fourth-order valence-corrected chi connectivity index (χ4v) is 5.84. The summed E-state index contributed by atoms with van der Waals surface area (Å²) in [6.45, 7) is 8.80. The molecule has 154 valence electrons. The summed E-state index contributed by atoms with van der Waals surface area (Å²) in [5, 5.41) is 18.9. The van der Waals surface area contributed by atoms with Crippen molar-refractivity contribution in [1.29, 1.82) is 0 Å². The molecule has 1 aromatic carbocycles. The Hall–Kier alpha value is -1.49. The van der Waals surface area contributed by atoms with Gasteiger partial charge in [-0.1, -0.05) is 50.3 Å². The van der Waals surface area contributed by atoms with Gasteiger partial charge in [-0.2, -0.15) is 0 Å². The molecule has 2 fully saturated rings. The number of aliphatic hydroxyl groups is 2. The first kappa shape index (κ1) is 21.2. The lowest BCUT2D eigenvalue weighted by Crippen LogP contribution is -2.47. The summed E-state index contributed by atoms with van der Waals surface area (Å²) in [7, 11) is 1.68. The Morgan fingerprint density at radius 3 is 2.54 bits per heavy atom. The molecule has 2 N–H and O–H groups in total. The van der Waals surface area contributed by atoms with Crippen LogP contribution in [0, 0.1) is 22.7 Å². The molecule has 1 aromatic rings. The number of methoxy groups -OCH3 is 1. The third-order valence-electron chi connectivity index (χ3n) is 7.47. The van der Waals surface area contributed by atoms with E-state index < -0.39 is 5.41 Å². The van der Waals surface area contributed by atoms with Crippen LogP contribution in [0.2, 0.25) is 0 Å². The van der Waals surface area contributed by atoms with E-state index in [0.29, 0.717) is 19.3 Å². The van der Waals surface area contributed by atoms with Crippen molar-refractivity contribution in [2.45, 2.75) is 52.1 Å². The highest BCUT2D eigenvalue weighted by Gasteiger charge is 2.71. The van der Waals surface area contributed by atoms with Crippen LogP contribution >= 0.6 is 0 Å². The largest absolute Gasteiger partial charge is 0.396 e. The van der Waals surface area contributed by atoms with E-state index in [0.717, 1.165) is 24.0 Å². The van der Waals surface area contributed by atoms with Gasteiger partial charge in [0.2, 0.25) is 0 Å². The maximum absolute atomic E-state index is 13.6. The second kappa shape index (κ2) is 8.10. The molecule has 4 nitrogen and oxygen atoms in total. The van der Waals surface area contributed by atoms with E-state index >= 15 is 0 Å². The Bertz CT molecular complexity index is 738. The molecule has 0 heterocycles. The van der Waals surface area contributed by atoms with Crippen LogP contribution in [0.3, 0.4) is 0 Å². The van der Waals surface area contributed by atoms with Crippen molar-refractivity contribution in [2.24, 2.45) is 22.7 Å². The van der Waals surface area contributed by atoms with E-state index in [9.17, 15) is 9.90 Å². The van der Waals surface area contributed by atoms with Crippen LogP contribution in [0.15, 0.2) is 36.4 Å². The second-order valence-electron chi connectivity index (χ2n) is 9.02. The first-order valence-electron chi connectivity index (χ1n) is 10.4. The van der Waals surface area contributed by atoms with Gasteiger partial charge in [0.1, 0.15) is 5.78 Å². The molecule has 0 radical (unpaired) electrons. The molecule has 2 aliphatic carbocycles. The van der Waals surface area contributed by atoms with Crippen molar-refractivity contribution in [3.63, 3.8) is 0 Å². The molecule has 0 aliphatic heterocycles. The Labute approximate surface area is 168 Å². The minimum absolute atomic E-state index is 0.0516. The first-order valence-corrected chi connectivity index (χ1v) is 10.4. The van der Waals surface area contributed by atoms with Gasteiger partial charge in [-0.05, 0) is 42.7 Å². The topological polar surface area (TPSA) is 66.8 Å². The minimum atomic E-state index is -0.606. The lowest BCUT2D eigenvalue weighted by molar-refractivity contribution is -0.141. The number of aryl methyl sites for hydroxylation is 2. The van der Waals surface area contributed by atoms with Crippen molar-refractivity contribution in [3.05, 3.63) is 47.5 Å². The average Bonchev–Trinajstić information content (AvgIpc) is 3.12. The number of carbonyl (C=O) groups excluding carboxylic acids is 1. The monoisotopic (exact) mass is 386 g/mol. The molecule has 0 amide bonds. The molecule has 0 saturated heterocycles. The lowest BCUT2D eigenvalue weighted by Gasteiger charge is -2.44. The SMILES string of the molecule is C=C1C2C(CO)CC(C(=O)CCc3cccc(CCCO)c3)(C2OC)C1(C)C. The fraction of sp³-hybridized carbons (Fsp3) is 0.625. The highest BCUT2D eigenvalue weighted by molar-refractivity contribution is 5.89. The standard InChI is InChI=1S/C24H34O4/c1-16-21-19(15-26)14-24(22(21)28-4,23(16,2)3)20(27)11-10-18-8-5-7-17(13-18)9-6-12-25/h5,7-8,13,19,21-22,25-26H,1,6,9-12,14-15H2,2-4H3. The number of ketones is 1. The fourth-order valence-electron chi connectivity index (χ4n) is 5.84. The van der Waals surface area contributed by atoms with Gasteiger partial charge < -0.3 is 14.9 Å². The number of Topliss-reactive ketones (excluding diaryl/α,β-unsaturated/α-hetero) is 1. The van der Waals surface area contributed by atoms with E-state index in [-0.39, 0.29) is 42.4 Å². The maximum atomic E-state index is 13.6. The summed E-state index contributed by atoms with van der Waals surface area (Å²) >= 11 is 0. The van der Waals surface area contributed by atoms with Crippen LogP contribution in [0.5, 0.6) is 0 Å². The smallest absolute Gasteiger partial charge is 0.142 e. The van der Waals surface area contributed by atoms with E-state index in [4.69, 9.17) is 9.84 Å². The zero-order valence-corrected chi connectivity index (χ0v) is 17.4. The molecular weight excluding hydrogens is 352 g/mol. The average molecular weight is 387 g/mol. The number of benzene rings is 1. The number of aliphatic hydroxyl groups excluding tert-OH is 2. The number of carbonyl (C=O) groups is 1. The van der Waals surface area contributed by atoms with E-state index in [2.05, 4.69) is 38.6 Å². The van der Waals surface area contributed by atoms with Gasteiger partial charge in [-0.15, -0.1) is 0 Å². The van der Waals surface area contributed by atoms with Gasteiger partial charge in [0, 0.05) is 38.1 Å². The van der Waals surface area contributed by atoms with Gasteiger partial charge in [-0.3, -0.25) is 4.79 Å². The number of ether oxygens (including phenoxy) is 1. The Morgan fingerprint density at radius 2 is 1.93 bits per heavy atom. The van der Waals surface area contributed by atoms with E-state index in [1.807, 2.05) is 6.07 Å². The van der Waals surface area contributed by atoms with Crippen molar-refractivity contribution < 1.29 is 19.7 Å². The van der Waals surface area contributed by atoms with Crippen LogP contribution < -0.4 is 0 Å². The van der Waals surface area contributed by atoms with Crippen molar-refractivity contribution >= 4 is 5.78 Å². The highest BCUT2D eigenvalue weighted by atomic mass is 16.5. The van der Waals surface area contributed by atoms with Gasteiger partial charge in [-0.25, -0.2) is 0 Å². The molecule has 4 atom stereocenters. The van der Waals surface area contributed by atoms with Gasteiger partial charge in [0.25, 0.3) is 0 Å². The summed E-state index contributed by atoms with van der Waals surface area (Å²) in [5.74, 6) is 0.330. The first-order chi connectivity index (χ1) is 13.3. The molecule has 2 aliphatic rings. The van der Waals surface area contributed by atoms with Gasteiger partial charge in [0.05, 0.1) is 11.5 Å². The summed E-state index contributed by atoms with van der Waals surface area (Å²) in [6, 6.07) is 8.30. The number of hydrogen-bond acceptors (Lipinski definition) is 4. The molecule has 2 saturated carbocycles. The number of rotatable bonds is 9. The molecular formula is C24H34O4. The highest BCUT2D eigenvalue weighted by Crippen LogP contribution is 2.69. The molecule has 0 aromatic heterocycles. The summed E-state index contributed by atoms with van der Waals surface area (Å²) in [4.78, 5) is 13.6. The van der Waals surface area contributed by atoms with Gasteiger partial charge >= 0.3 is 0 Å². The predicted molar refractivity (Wildman–Crippen MR) is 110 cm³/mol. The quantitative estimate of drug-likeness (QED) is 0.639. The zero-order chi connectivity index (χ0) is 20.5. The van der Waals surface area contributed by atoms with Crippen LogP contribution in [0.25, 0.3) is 0 Å². The van der Waals surface area contributed by atoms with Crippen LogP contribution in [0.4, 0.5) is 0 Å². The van der Waals surface area contributed by atoms with E-state index in [1.54, 1.807) is 7.11 Å². The normalized spacial score (nSPS) is 30.8. The molecule has 28 heavy (non-hydrogen) atoms. The molecule has 4 unspecified atom stereocenters. The van der Waals surface area contributed by atoms with Crippen molar-refractivity contribution in [1.82, 2.24) is 0 Å². The molecule has 4 heteroatoms. The van der Waals surface area contributed by atoms with Crippen LogP contribution in [0.1, 0.15) is 44.2 Å². The zero-order valence-electron chi connectivity index (χ0n) is 17.4. The van der Waals surface area contributed by atoms with Crippen LogP contribution in [-0.2, 0) is 22.4 Å². The minimum Gasteiger partial charge on any atom is -0.396 e. The molecule has 0 spiro atoms. The lowest BCUT2D eigenvalue weighted by atomic mass is 9.58. The van der Waals surface area contributed by atoms with Crippen LogP contribution in [-0.4, -0.2) is 42.4 Å².